The quantitative estimate of drug-likeness (QED) is 0.350. The Labute approximate surface area is 106 Å². The Morgan fingerprint density at radius 3 is 2.06 bits per heavy atom. The molecule has 1 unspecified atom stereocenters. The summed E-state index contributed by atoms with van der Waals surface area (Å²) in [7, 11) is -0.153. The molecule has 0 aromatic rings. The van der Waals surface area contributed by atoms with E-state index in [1.807, 2.05) is 6.92 Å². The highest BCUT2D eigenvalue weighted by atomic mass is 31.2. The van der Waals surface area contributed by atoms with Gasteiger partial charge in [-0.25, -0.2) is 0 Å². The second kappa shape index (κ2) is 8.40. The molecule has 0 aliphatic heterocycles. The van der Waals surface area contributed by atoms with Crippen LogP contribution >= 0.6 is 7.37 Å². The summed E-state index contributed by atoms with van der Waals surface area (Å²) in [6, 6.07) is 0.669. The Morgan fingerprint density at radius 2 is 1.65 bits per heavy atom. The SMILES string of the molecule is CCCP(C)(=O)OCCC[Si](OC)(OC)OC. The van der Waals surface area contributed by atoms with Crippen LogP contribution in [0.25, 0.3) is 0 Å². The third-order valence-electron chi connectivity index (χ3n) is 2.55. The Balaban J connectivity index is 3.94. The largest absolute Gasteiger partial charge is 0.500 e. The maximum atomic E-state index is 11.8. The number of rotatable bonds is 10. The van der Waals surface area contributed by atoms with E-state index in [1.165, 1.54) is 0 Å². The van der Waals surface area contributed by atoms with E-state index in [0.29, 0.717) is 18.8 Å². The molecule has 0 aliphatic rings. The van der Waals surface area contributed by atoms with Gasteiger partial charge in [-0.05, 0) is 12.8 Å². The second-order valence-electron chi connectivity index (χ2n) is 3.97. The molecular weight excluding hydrogens is 259 g/mol. The first-order valence-corrected chi connectivity index (χ1v) is 10.0. The van der Waals surface area contributed by atoms with Gasteiger partial charge in [0.15, 0.2) is 7.37 Å². The van der Waals surface area contributed by atoms with E-state index < -0.39 is 16.2 Å². The molecule has 104 valence electrons. The van der Waals surface area contributed by atoms with Crippen LogP contribution in [0.3, 0.4) is 0 Å². The standard InChI is InChI=1S/C10H25O5PSi/c1-6-9-16(5,11)15-8-7-10-17(12-2,13-3)14-4/h6-10H2,1-5H3. The lowest BCUT2D eigenvalue weighted by molar-refractivity contribution is 0.121. The van der Waals surface area contributed by atoms with Gasteiger partial charge in [0.05, 0.1) is 6.61 Å². The van der Waals surface area contributed by atoms with Crippen LogP contribution < -0.4 is 0 Å². The summed E-state index contributed by atoms with van der Waals surface area (Å²) in [5.74, 6) is 0. The fourth-order valence-corrected chi connectivity index (χ4v) is 4.72. The highest BCUT2D eigenvalue weighted by molar-refractivity contribution is 7.58. The van der Waals surface area contributed by atoms with Gasteiger partial charge in [0, 0.05) is 40.2 Å². The third kappa shape index (κ3) is 6.69. The molecule has 0 saturated carbocycles. The predicted molar refractivity (Wildman–Crippen MR) is 70.8 cm³/mol. The van der Waals surface area contributed by atoms with Crippen LogP contribution in [0.15, 0.2) is 0 Å². The zero-order chi connectivity index (χ0) is 13.4. The van der Waals surface area contributed by atoms with Crippen molar-refractivity contribution in [3.05, 3.63) is 0 Å². The van der Waals surface area contributed by atoms with Crippen molar-refractivity contribution in [2.75, 3.05) is 40.8 Å². The number of hydrogen-bond donors (Lipinski definition) is 0. The van der Waals surface area contributed by atoms with Crippen molar-refractivity contribution in [2.45, 2.75) is 25.8 Å². The minimum atomic E-state index is -2.50. The Hall–Kier alpha value is 0.287. The summed E-state index contributed by atoms with van der Waals surface area (Å²) in [5.41, 5.74) is 0. The van der Waals surface area contributed by atoms with Crippen molar-refractivity contribution in [3.63, 3.8) is 0 Å². The Kier molecular flexibility index (Phi) is 8.54. The molecule has 0 aliphatic carbocycles. The molecular formula is C10H25O5PSi. The first-order valence-electron chi connectivity index (χ1n) is 5.82. The Bertz CT molecular complexity index is 237. The molecule has 5 nitrogen and oxygen atoms in total. The maximum Gasteiger partial charge on any atom is 0.500 e. The molecule has 0 amide bonds. The van der Waals surface area contributed by atoms with Crippen LogP contribution in [0.1, 0.15) is 19.8 Å². The van der Waals surface area contributed by atoms with Crippen LogP contribution in [0.2, 0.25) is 6.04 Å². The number of hydrogen-bond acceptors (Lipinski definition) is 5. The molecule has 0 spiro atoms. The summed E-state index contributed by atoms with van der Waals surface area (Å²) in [4.78, 5) is 0. The predicted octanol–water partition coefficient (Wildman–Crippen LogP) is 2.59. The fraction of sp³-hybridized carbons (Fsp3) is 1.00. The van der Waals surface area contributed by atoms with E-state index in [2.05, 4.69) is 0 Å². The average molecular weight is 284 g/mol. The molecule has 0 N–H and O–H groups in total. The lowest BCUT2D eigenvalue weighted by Crippen LogP contribution is -2.42. The molecule has 0 heterocycles. The van der Waals surface area contributed by atoms with Crippen LogP contribution in [-0.4, -0.2) is 49.6 Å². The molecule has 0 bridgehead atoms. The van der Waals surface area contributed by atoms with Crippen molar-refractivity contribution >= 4 is 16.2 Å². The van der Waals surface area contributed by atoms with Gasteiger partial charge in [0.1, 0.15) is 0 Å². The normalized spacial score (nSPS) is 15.8. The van der Waals surface area contributed by atoms with Gasteiger partial charge in [0.25, 0.3) is 0 Å². The van der Waals surface area contributed by atoms with Crippen LogP contribution in [0, 0.1) is 0 Å². The van der Waals surface area contributed by atoms with Gasteiger partial charge in [-0.15, -0.1) is 0 Å². The van der Waals surface area contributed by atoms with Gasteiger partial charge in [-0.2, -0.15) is 0 Å². The first-order chi connectivity index (χ1) is 7.95. The van der Waals surface area contributed by atoms with E-state index in [-0.39, 0.29) is 0 Å². The zero-order valence-electron chi connectivity index (χ0n) is 11.5. The van der Waals surface area contributed by atoms with Gasteiger partial charge in [-0.3, -0.25) is 4.57 Å². The van der Waals surface area contributed by atoms with Crippen molar-refractivity contribution < 1.29 is 22.4 Å². The topological polar surface area (TPSA) is 54.0 Å². The molecule has 0 rings (SSSR count). The van der Waals surface area contributed by atoms with E-state index >= 15 is 0 Å². The molecule has 0 aromatic heterocycles. The minimum Gasteiger partial charge on any atom is -0.377 e. The van der Waals surface area contributed by atoms with E-state index in [0.717, 1.165) is 12.8 Å². The minimum absolute atomic E-state index is 0.457. The average Bonchev–Trinajstić information content (AvgIpc) is 2.30. The summed E-state index contributed by atoms with van der Waals surface area (Å²) >= 11 is 0. The lowest BCUT2D eigenvalue weighted by Gasteiger charge is -2.24. The van der Waals surface area contributed by atoms with Crippen molar-refractivity contribution in [2.24, 2.45) is 0 Å². The summed E-state index contributed by atoms with van der Waals surface area (Å²) in [6.45, 7) is 4.14. The van der Waals surface area contributed by atoms with Gasteiger partial charge < -0.3 is 17.8 Å². The monoisotopic (exact) mass is 284 g/mol. The Morgan fingerprint density at radius 1 is 1.12 bits per heavy atom. The molecule has 7 heteroatoms. The van der Waals surface area contributed by atoms with Crippen LogP contribution in [-0.2, 0) is 22.4 Å². The van der Waals surface area contributed by atoms with Gasteiger partial charge in [0.2, 0.25) is 0 Å². The first kappa shape index (κ1) is 17.3. The summed E-state index contributed by atoms with van der Waals surface area (Å²) in [6.07, 6.45) is 2.23. The highest BCUT2D eigenvalue weighted by Gasteiger charge is 2.37. The van der Waals surface area contributed by atoms with Gasteiger partial charge in [-0.1, -0.05) is 6.92 Å². The highest BCUT2D eigenvalue weighted by Crippen LogP contribution is 2.43. The molecule has 0 aromatic carbocycles. The van der Waals surface area contributed by atoms with Crippen molar-refractivity contribution in [3.8, 4) is 0 Å². The molecule has 0 saturated heterocycles. The van der Waals surface area contributed by atoms with Crippen LogP contribution in [0.4, 0.5) is 0 Å². The van der Waals surface area contributed by atoms with Crippen molar-refractivity contribution in [1.29, 1.82) is 0 Å². The maximum absolute atomic E-state index is 11.8. The zero-order valence-corrected chi connectivity index (χ0v) is 13.4. The molecule has 0 fully saturated rings. The smallest absolute Gasteiger partial charge is 0.377 e. The summed E-state index contributed by atoms with van der Waals surface area (Å²) in [5, 5.41) is 0. The third-order valence-corrected chi connectivity index (χ3v) is 7.37. The second-order valence-corrected chi connectivity index (χ2v) is 9.79. The molecule has 1 atom stereocenters. The van der Waals surface area contributed by atoms with Crippen LogP contribution in [0.5, 0.6) is 0 Å². The van der Waals surface area contributed by atoms with Gasteiger partial charge >= 0.3 is 8.80 Å². The van der Waals surface area contributed by atoms with E-state index in [4.69, 9.17) is 17.8 Å². The van der Waals surface area contributed by atoms with E-state index in [1.54, 1.807) is 28.0 Å². The summed E-state index contributed by atoms with van der Waals surface area (Å²) < 4.78 is 33.1. The fourth-order valence-electron chi connectivity index (χ4n) is 1.57. The van der Waals surface area contributed by atoms with Crippen molar-refractivity contribution in [1.82, 2.24) is 0 Å². The lowest BCUT2D eigenvalue weighted by atomic mass is 10.5. The molecule has 0 radical (unpaired) electrons. The molecule has 17 heavy (non-hydrogen) atoms. The van der Waals surface area contributed by atoms with E-state index in [9.17, 15) is 4.57 Å².